The Kier molecular flexibility index (Phi) is 6.29. The minimum absolute atomic E-state index is 0.0847. The van der Waals surface area contributed by atoms with Gasteiger partial charge in [-0.1, -0.05) is 42.1 Å². The fourth-order valence-electron chi connectivity index (χ4n) is 2.35. The van der Waals surface area contributed by atoms with Gasteiger partial charge in [0.25, 0.3) is 0 Å². The van der Waals surface area contributed by atoms with Crippen molar-refractivity contribution in [1.82, 2.24) is 0 Å². The van der Waals surface area contributed by atoms with E-state index in [9.17, 15) is 4.79 Å². The fourth-order valence-corrected chi connectivity index (χ4v) is 3.14. The molecule has 6 heteroatoms. The fraction of sp³-hybridized carbons (Fsp3) is 0.500. The smallest absolute Gasteiger partial charge is 0.400 e. The summed E-state index contributed by atoms with van der Waals surface area (Å²) in [6.07, 6.45) is 2.06. The number of rotatable bonds is 5. The SMILES string of the molecule is CC(=O)SCC(=Cc1cccc(CS)c1)B1OC(C)(C)C(C)(C)O1. The predicted molar refractivity (Wildman–Crippen MR) is 106 cm³/mol. The van der Waals surface area contributed by atoms with E-state index < -0.39 is 18.3 Å². The highest BCUT2D eigenvalue weighted by molar-refractivity contribution is 8.13. The molecule has 130 valence electrons. The third-order valence-corrected chi connectivity index (χ3v) is 5.73. The highest BCUT2D eigenvalue weighted by Gasteiger charge is 2.52. The second kappa shape index (κ2) is 7.69. The molecule has 2 rings (SSSR count). The quantitative estimate of drug-likeness (QED) is 0.620. The van der Waals surface area contributed by atoms with Gasteiger partial charge in [0.1, 0.15) is 0 Å². The predicted octanol–water partition coefficient (Wildman–Crippen LogP) is 4.41. The number of thioether (sulfide) groups is 1. The minimum Gasteiger partial charge on any atom is -0.400 e. The Balaban J connectivity index is 2.31. The normalized spacial score (nSPS) is 19.6. The van der Waals surface area contributed by atoms with E-state index in [0.717, 1.165) is 16.6 Å². The molecular formula is C18H25BO3S2. The van der Waals surface area contributed by atoms with Crippen LogP contribution in [0.2, 0.25) is 0 Å². The van der Waals surface area contributed by atoms with Gasteiger partial charge < -0.3 is 9.31 Å². The maximum absolute atomic E-state index is 11.4. The number of carbonyl (C=O) groups excluding carboxylic acids is 1. The van der Waals surface area contributed by atoms with E-state index in [1.807, 2.05) is 45.9 Å². The van der Waals surface area contributed by atoms with Gasteiger partial charge in [0.05, 0.1) is 11.2 Å². The molecule has 3 nitrogen and oxygen atoms in total. The summed E-state index contributed by atoms with van der Waals surface area (Å²) in [6.45, 7) is 9.71. The van der Waals surface area contributed by atoms with Gasteiger partial charge in [-0.3, -0.25) is 4.79 Å². The molecule has 1 aromatic rings. The molecule has 0 saturated carbocycles. The summed E-state index contributed by atoms with van der Waals surface area (Å²) in [4.78, 5) is 11.4. The first-order valence-electron chi connectivity index (χ1n) is 8.04. The van der Waals surface area contributed by atoms with Gasteiger partial charge in [0.2, 0.25) is 0 Å². The first-order chi connectivity index (χ1) is 11.1. The molecule has 1 aromatic carbocycles. The van der Waals surface area contributed by atoms with Gasteiger partial charge >= 0.3 is 7.12 Å². The molecule has 1 aliphatic rings. The van der Waals surface area contributed by atoms with Crippen LogP contribution >= 0.6 is 24.4 Å². The van der Waals surface area contributed by atoms with Crippen molar-refractivity contribution in [2.24, 2.45) is 0 Å². The summed E-state index contributed by atoms with van der Waals surface area (Å²) in [6, 6.07) is 8.19. The maximum Gasteiger partial charge on any atom is 0.491 e. The lowest BCUT2D eigenvalue weighted by Gasteiger charge is -2.32. The number of hydrogen-bond acceptors (Lipinski definition) is 5. The zero-order valence-corrected chi connectivity index (χ0v) is 16.7. The number of benzene rings is 1. The summed E-state index contributed by atoms with van der Waals surface area (Å²) in [5.74, 6) is 1.24. The van der Waals surface area contributed by atoms with Crippen LogP contribution in [0.5, 0.6) is 0 Å². The third-order valence-electron chi connectivity index (χ3n) is 4.48. The first kappa shape index (κ1) is 19.6. The molecule has 0 amide bonds. The Bertz CT molecular complexity index is 625. The average molecular weight is 364 g/mol. The monoisotopic (exact) mass is 364 g/mol. The molecule has 0 aromatic heterocycles. The van der Waals surface area contributed by atoms with Crippen LogP contribution in [0.4, 0.5) is 0 Å². The molecule has 0 bridgehead atoms. The van der Waals surface area contributed by atoms with Gasteiger partial charge in [-0.05, 0) is 44.3 Å². The van der Waals surface area contributed by atoms with Crippen molar-refractivity contribution in [2.45, 2.75) is 51.6 Å². The van der Waals surface area contributed by atoms with E-state index in [4.69, 9.17) is 9.31 Å². The first-order valence-corrected chi connectivity index (χ1v) is 9.66. The van der Waals surface area contributed by atoms with E-state index in [1.165, 1.54) is 11.8 Å². The topological polar surface area (TPSA) is 35.5 Å². The van der Waals surface area contributed by atoms with Crippen LogP contribution in [-0.2, 0) is 19.9 Å². The van der Waals surface area contributed by atoms with E-state index in [1.54, 1.807) is 6.92 Å². The van der Waals surface area contributed by atoms with Gasteiger partial charge in [-0.2, -0.15) is 12.6 Å². The second-order valence-electron chi connectivity index (χ2n) is 6.99. The van der Waals surface area contributed by atoms with Crippen LogP contribution in [0.15, 0.2) is 29.7 Å². The summed E-state index contributed by atoms with van der Waals surface area (Å²) >= 11 is 5.60. The Morgan fingerprint density at radius 1 is 1.25 bits per heavy atom. The van der Waals surface area contributed by atoms with Crippen LogP contribution in [0.3, 0.4) is 0 Å². The Labute approximate surface area is 155 Å². The third kappa shape index (κ3) is 4.69. The van der Waals surface area contributed by atoms with Crippen LogP contribution in [0.1, 0.15) is 45.7 Å². The van der Waals surface area contributed by atoms with Crippen molar-refractivity contribution in [1.29, 1.82) is 0 Å². The summed E-state index contributed by atoms with van der Waals surface area (Å²) in [5, 5.41) is 0.0847. The molecule has 0 radical (unpaired) electrons. The van der Waals surface area contributed by atoms with Gasteiger partial charge in [-0.25, -0.2) is 0 Å². The van der Waals surface area contributed by atoms with Gasteiger partial charge in [-0.15, -0.1) is 0 Å². The van der Waals surface area contributed by atoms with Crippen molar-refractivity contribution in [2.75, 3.05) is 5.75 Å². The number of hydrogen-bond donors (Lipinski definition) is 1. The molecule has 24 heavy (non-hydrogen) atoms. The molecule has 1 heterocycles. The highest BCUT2D eigenvalue weighted by Crippen LogP contribution is 2.39. The molecule has 0 spiro atoms. The molecule has 0 atom stereocenters. The molecule has 0 aliphatic carbocycles. The van der Waals surface area contributed by atoms with Crippen molar-refractivity contribution in [3.63, 3.8) is 0 Å². The van der Waals surface area contributed by atoms with Crippen molar-refractivity contribution in [3.05, 3.63) is 40.9 Å². The number of thiol groups is 1. The summed E-state index contributed by atoms with van der Waals surface area (Å²) in [5.41, 5.74) is 2.38. The summed E-state index contributed by atoms with van der Waals surface area (Å²) in [7, 11) is -0.443. The van der Waals surface area contributed by atoms with E-state index in [-0.39, 0.29) is 5.12 Å². The van der Waals surface area contributed by atoms with E-state index >= 15 is 0 Å². The lowest BCUT2D eigenvalue weighted by atomic mass is 9.78. The van der Waals surface area contributed by atoms with Crippen molar-refractivity contribution >= 4 is 42.7 Å². The van der Waals surface area contributed by atoms with Crippen molar-refractivity contribution < 1.29 is 14.1 Å². The second-order valence-corrected chi connectivity index (χ2v) is 8.46. The molecule has 1 saturated heterocycles. The van der Waals surface area contributed by atoms with Gasteiger partial charge in [0.15, 0.2) is 5.12 Å². The molecule has 1 fully saturated rings. The molecule has 0 unspecified atom stereocenters. The maximum atomic E-state index is 11.4. The van der Waals surface area contributed by atoms with Crippen LogP contribution in [0.25, 0.3) is 6.08 Å². The van der Waals surface area contributed by atoms with Crippen molar-refractivity contribution in [3.8, 4) is 0 Å². The Morgan fingerprint density at radius 2 is 1.88 bits per heavy atom. The largest absolute Gasteiger partial charge is 0.491 e. The standard InChI is InChI=1S/C18H25BO3S2/c1-13(20)24-12-16(10-14-7-6-8-15(9-14)11-23)19-21-17(2,3)18(4,5)22-19/h6-10,23H,11-12H2,1-5H3. The average Bonchev–Trinajstić information content (AvgIpc) is 2.71. The van der Waals surface area contributed by atoms with E-state index in [2.05, 4.69) is 24.8 Å². The Hall–Kier alpha value is -0.685. The Morgan fingerprint density at radius 3 is 2.42 bits per heavy atom. The van der Waals surface area contributed by atoms with Crippen LogP contribution in [0, 0.1) is 0 Å². The molecular weight excluding hydrogens is 339 g/mol. The molecule has 1 aliphatic heterocycles. The highest BCUT2D eigenvalue weighted by atomic mass is 32.2. The van der Waals surface area contributed by atoms with Crippen LogP contribution < -0.4 is 0 Å². The summed E-state index contributed by atoms with van der Waals surface area (Å²) < 4.78 is 12.3. The number of carbonyl (C=O) groups is 1. The van der Waals surface area contributed by atoms with Gasteiger partial charge in [0, 0.05) is 18.4 Å². The van der Waals surface area contributed by atoms with E-state index in [0.29, 0.717) is 11.5 Å². The zero-order chi connectivity index (χ0) is 18.0. The molecule has 0 N–H and O–H groups in total. The van der Waals surface area contributed by atoms with Crippen LogP contribution in [-0.4, -0.2) is 29.2 Å². The minimum atomic E-state index is -0.443. The zero-order valence-electron chi connectivity index (χ0n) is 15.0. The lowest BCUT2D eigenvalue weighted by molar-refractivity contribution is -0.109. The lowest BCUT2D eigenvalue weighted by Crippen LogP contribution is -2.41.